The molecule has 24 heavy (non-hydrogen) atoms. The van der Waals surface area contributed by atoms with E-state index in [1.54, 1.807) is 23.1 Å². The molecule has 1 aromatic rings. The summed E-state index contributed by atoms with van der Waals surface area (Å²) in [6.45, 7) is -0.0104. The first-order valence-corrected chi connectivity index (χ1v) is 9.00. The second kappa shape index (κ2) is 6.23. The lowest BCUT2D eigenvalue weighted by Gasteiger charge is -2.35. The standard InChI is InChI=1S/C15H17N3O5S/c16-13(19)9-23-15(20)11-6-3-4-8-18(11)14-10-5-1-2-7-12(10)24(21,22)17-14/h1-2,5,7,11H,3-4,6,8-9H2,(H2,16,19)/t11-/m1/s1. The Bertz CT molecular complexity index is 818. The van der Waals surface area contributed by atoms with Crippen molar-refractivity contribution in [3.8, 4) is 0 Å². The van der Waals surface area contributed by atoms with Crippen molar-refractivity contribution in [2.75, 3.05) is 13.2 Å². The SMILES string of the molecule is NC(=O)COC(=O)[C@H]1CCCCN1C1=NS(=O)(=O)c2ccccc21. The topological polar surface area (TPSA) is 119 Å². The van der Waals surface area contributed by atoms with Crippen LogP contribution in [0.1, 0.15) is 24.8 Å². The highest BCUT2D eigenvalue weighted by Crippen LogP contribution is 2.30. The molecule has 0 unspecified atom stereocenters. The number of esters is 1. The molecule has 1 fully saturated rings. The van der Waals surface area contributed by atoms with Crippen LogP contribution in [0.5, 0.6) is 0 Å². The Labute approximate surface area is 139 Å². The van der Waals surface area contributed by atoms with Crippen LogP contribution in [0.15, 0.2) is 33.6 Å². The van der Waals surface area contributed by atoms with E-state index in [9.17, 15) is 18.0 Å². The van der Waals surface area contributed by atoms with Gasteiger partial charge in [-0.15, -0.1) is 4.40 Å². The van der Waals surface area contributed by atoms with Gasteiger partial charge in [0.1, 0.15) is 10.9 Å². The number of carbonyl (C=O) groups excluding carboxylic acids is 2. The fraction of sp³-hybridized carbons (Fsp3) is 0.400. The van der Waals surface area contributed by atoms with Gasteiger partial charge in [0, 0.05) is 12.1 Å². The number of ether oxygens (including phenoxy) is 1. The van der Waals surface area contributed by atoms with E-state index in [0.29, 0.717) is 18.5 Å². The number of sulfonamides is 1. The summed E-state index contributed by atoms with van der Waals surface area (Å²) in [5.41, 5.74) is 5.47. The molecule has 0 spiro atoms. The van der Waals surface area contributed by atoms with Crippen LogP contribution in [0, 0.1) is 0 Å². The lowest BCUT2D eigenvalue weighted by atomic mass is 10.0. The van der Waals surface area contributed by atoms with E-state index in [1.807, 2.05) is 0 Å². The number of fused-ring (bicyclic) bond motifs is 1. The van der Waals surface area contributed by atoms with Crippen LogP contribution >= 0.6 is 0 Å². The van der Waals surface area contributed by atoms with Gasteiger partial charge in [-0.1, -0.05) is 12.1 Å². The van der Waals surface area contributed by atoms with Crippen molar-refractivity contribution in [3.05, 3.63) is 29.8 Å². The molecule has 0 bridgehead atoms. The Morgan fingerprint density at radius 3 is 2.79 bits per heavy atom. The summed E-state index contributed by atoms with van der Waals surface area (Å²) in [6, 6.07) is 5.83. The predicted molar refractivity (Wildman–Crippen MR) is 84.7 cm³/mol. The molecule has 0 radical (unpaired) electrons. The second-order valence-electron chi connectivity index (χ2n) is 5.67. The number of amides is 1. The van der Waals surface area contributed by atoms with Crippen LogP contribution in [-0.4, -0.2) is 50.2 Å². The first-order valence-electron chi connectivity index (χ1n) is 7.56. The third kappa shape index (κ3) is 2.99. The Balaban J connectivity index is 1.92. The molecule has 2 heterocycles. The number of hydrogen-bond donors (Lipinski definition) is 1. The van der Waals surface area contributed by atoms with Gasteiger partial charge in [-0.05, 0) is 31.4 Å². The molecule has 2 aliphatic rings. The maximum atomic E-state index is 12.3. The number of likely N-dealkylation sites (tertiary alicyclic amines) is 1. The summed E-state index contributed by atoms with van der Waals surface area (Å²) < 4.78 is 33.2. The average molecular weight is 351 g/mol. The predicted octanol–water partition coefficient (Wildman–Crippen LogP) is 0.0185. The first kappa shape index (κ1) is 16.4. The van der Waals surface area contributed by atoms with Crippen molar-refractivity contribution in [1.29, 1.82) is 0 Å². The summed E-state index contributed by atoms with van der Waals surface area (Å²) in [5.74, 6) is -1.08. The normalized spacial score (nSPS) is 21.8. The average Bonchev–Trinajstić information content (AvgIpc) is 2.84. The minimum atomic E-state index is -3.76. The zero-order chi connectivity index (χ0) is 17.3. The summed E-state index contributed by atoms with van der Waals surface area (Å²) in [4.78, 5) is 24.9. The molecular formula is C15H17N3O5S. The number of piperidine rings is 1. The van der Waals surface area contributed by atoms with Crippen LogP contribution in [0.4, 0.5) is 0 Å². The Hall–Kier alpha value is -2.42. The molecule has 1 aromatic carbocycles. The van der Waals surface area contributed by atoms with E-state index < -0.39 is 34.5 Å². The number of amidine groups is 1. The van der Waals surface area contributed by atoms with E-state index in [0.717, 1.165) is 12.8 Å². The van der Waals surface area contributed by atoms with Gasteiger partial charge in [-0.3, -0.25) is 4.79 Å². The summed E-state index contributed by atoms with van der Waals surface area (Å²) in [5, 5.41) is 0. The molecule has 0 aliphatic carbocycles. The smallest absolute Gasteiger partial charge is 0.329 e. The van der Waals surface area contributed by atoms with Gasteiger partial charge in [0.25, 0.3) is 15.9 Å². The molecule has 9 heteroatoms. The highest BCUT2D eigenvalue weighted by Gasteiger charge is 2.38. The minimum Gasteiger partial charge on any atom is -0.454 e. The molecule has 0 saturated carbocycles. The maximum Gasteiger partial charge on any atom is 0.329 e. The van der Waals surface area contributed by atoms with E-state index in [1.165, 1.54) is 6.07 Å². The Morgan fingerprint density at radius 1 is 1.29 bits per heavy atom. The molecule has 8 nitrogen and oxygen atoms in total. The summed E-state index contributed by atoms with van der Waals surface area (Å²) >= 11 is 0. The summed E-state index contributed by atoms with van der Waals surface area (Å²) in [6.07, 6.45) is 2.11. The molecule has 2 N–H and O–H groups in total. The maximum absolute atomic E-state index is 12.3. The van der Waals surface area contributed by atoms with Gasteiger partial charge in [0.05, 0.1) is 0 Å². The number of primary amides is 1. The van der Waals surface area contributed by atoms with Crippen LogP contribution in [-0.2, 0) is 24.3 Å². The summed E-state index contributed by atoms with van der Waals surface area (Å²) in [7, 11) is -3.76. The minimum absolute atomic E-state index is 0.134. The van der Waals surface area contributed by atoms with Crippen molar-refractivity contribution < 1.29 is 22.7 Å². The van der Waals surface area contributed by atoms with Gasteiger partial charge in [-0.2, -0.15) is 8.42 Å². The number of carbonyl (C=O) groups is 2. The Morgan fingerprint density at radius 2 is 2.04 bits per heavy atom. The molecule has 0 aromatic heterocycles. The quantitative estimate of drug-likeness (QED) is 0.767. The number of rotatable bonds is 3. The molecule has 1 amide bonds. The van der Waals surface area contributed by atoms with E-state index in [4.69, 9.17) is 10.5 Å². The van der Waals surface area contributed by atoms with Gasteiger partial charge in [0.15, 0.2) is 12.4 Å². The molecule has 3 rings (SSSR count). The first-order chi connectivity index (χ1) is 11.4. The number of hydrogen-bond acceptors (Lipinski definition) is 6. The fourth-order valence-corrected chi connectivity index (χ4v) is 4.18. The highest BCUT2D eigenvalue weighted by molar-refractivity contribution is 7.90. The van der Waals surface area contributed by atoms with E-state index >= 15 is 0 Å². The molecular weight excluding hydrogens is 334 g/mol. The third-order valence-corrected chi connectivity index (χ3v) is 5.34. The number of nitrogens with two attached hydrogens (primary N) is 1. The van der Waals surface area contributed by atoms with Gasteiger partial charge in [0.2, 0.25) is 0 Å². The molecule has 1 atom stereocenters. The Kier molecular flexibility index (Phi) is 4.27. The third-order valence-electron chi connectivity index (χ3n) is 4.02. The van der Waals surface area contributed by atoms with E-state index in [2.05, 4.69) is 4.40 Å². The number of nitrogens with zero attached hydrogens (tertiary/aromatic N) is 2. The van der Waals surface area contributed by atoms with E-state index in [-0.39, 0.29) is 10.7 Å². The van der Waals surface area contributed by atoms with Crippen molar-refractivity contribution >= 4 is 27.7 Å². The molecule has 1 saturated heterocycles. The largest absolute Gasteiger partial charge is 0.454 e. The second-order valence-corrected chi connectivity index (χ2v) is 7.24. The van der Waals surface area contributed by atoms with Crippen molar-refractivity contribution in [1.82, 2.24) is 4.90 Å². The van der Waals surface area contributed by atoms with Crippen LogP contribution < -0.4 is 5.73 Å². The lowest BCUT2D eigenvalue weighted by molar-refractivity contribution is -0.152. The zero-order valence-electron chi connectivity index (χ0n) is 12.8. The van der Waals surface area contributed by atoms with Crippen LogP contribution in [0.2, 0.25) is 0 Å². The van der Waals surface area contributed by atoms with Gasteiger partial charge < -0.3 is 15.4 Å². The number of benzene rings is 1. The van der Waals surface area contributed by atoms with Crippen LogP contribution in [0.25, 0.3) is 0 Å². The van der Waals surface area contributed by atoms with Crippen molar-refractivity contribution in [2.24, 2.45) is 10.1 Å². The molecule has 2 aliphatic heterocycles. The highest BCUT2D eigenvalue weighted by atomic mass is 32.2. The lowest BCUT2D eigenvalue weighted by Crippen LogP contribution is -2.49. The zero-order valence-corrected chi connectivity index (χ0v) is 13.7. The van der Waals surface area contributed by atoms with Gasteiger partial charge in [-0.25, -0.2) is 4.79 Å². The monoisotopic (exact) mass is 351 g/mol. The molecule has 128 valence electrons. The van der Waals surface area contributed by atoms with Crippen LogP contribution in [0.3, 0.4) is 0 Å². The van der Waals surface area contributed by atoms with Crippen molar-refractivity contribution in [2.45, 2.75) is 30.2 Å². The fourth-order valence-electron chi connectivity index (χ4n) is 2.96. The van der Waals surface area contributed by atoms with Crippen molar-refractivity contribution in [3.63, 3.8) is 0 Å². The van der Waals surface area contributed by atoms with Gasteiger partial charge >= 0.3 is 5.97 Å².